The highest BCUT2D eigenvalue weighted by Crippen LogP contribution is 2.34. The number of piperidine rings is 1. The molecule has 4 nitrogen and oxygen atoms in total. The van der Waals surface area contributed by atoms with Crippen LogP contribution in [-0.4, -0.2) is 29.9 Å². The first kappa shape index (κ1) is 15.0. The molecule has 2 unspecified atom stereocenters. The number of amidine groups is 1. The highest BCUT2D eigenvalue weighted by atomic mass is 32.2. The van der Waals surface area contributed by atoms with Gasteiger partial charge in [0.25, 0.3) is 0 Å². The van der Waals surface area contributed by atoms with Gasteiger partial charge in [-0.3, -0.25) is 0 Å². The molecule has 2 atom stereocenters. The number of nitrogens with two attached hydrogens (primary N) is 1. The highest BCUT2D eigenvalue weighted by Gasteiger charge is 2.27. The minimum atomic E-state index is 0.190. The lowest BCUT2D eigenvalue weighted by Gasteiger charge is -2.40. The first-order valence-electron chi connectivity index (χ1n) is 7.01. The zero-order valence-electron chi connectivity index (χ0n) is 12.3. The smallest absolute Gasteiger partial charge is 0.173 e. The lowest BCUT2D eigenvalue weighted by Crippen LogP contribution is -2.43. The van der Waals surface area contributed by atoms with E-state index in [2.05, 4.69) is 30.0 Å². The fraction of sp³-hybridized carbons (Fsp3) is 0.533. The summed E-state index contributed by atoms with van der Waals surface area (Å²) in [5, 5.41) is 12.3. The summed E-state index contributed by atoms with van der Waals surface area (Å²) >= 11 is 1.62. The SMILES string of the molecule is CSc1cccc(N2CCCC(C)C2C)c1/C(N)=N/O. The Hall–Kier alpha value is -1.36. The Bertz CT molecular complexity index is 504. The minimum Gasteiger partial charge on any atom is -0.409 e. The quantitative estimate of drug-likeness (QED) is 0.295. The molecule has 0 radical (unpaired) electrons. The molecule has 1 aromatic carbocycles. The molecule has 1 aromatic rings. The molecule has 0 saturated carbocycles. The molecule has 1 aliphatic heterocycles. The van der Waals surface area contributed by atoms with E-state index in [9.17, 15) is 0 Å². The van der Waals surface area contributed by atoms with Crippen LogP contribution in [0.15, 0.2) is 28.3 Å². The standard InChI is InChI=1S/C15H23N3OS/c1-10-6-5-9-18(11(10)2)12-7-4-8-13(20-3)14(12)15(16)17-19/h4,7-8,10-11,19H,5-6,9H2,1-3H3,(H2,16,17). The van der Waals surface area contributed by atoms with Gasteiger partial charge in [0, 0.05) is 23.2 Å². The summed E-state index contributed by atoms with van der Waals surface area (Å²) in [5.74, 6) is 0.845. The van der Waals surface area contributed by atoms with Crippen molar-refractivity contribution in [1.29, 1.82) is 0 Å². The monoisotopic (exact) mass is 293 g/mol. The van der Waals surface area contributed by atoms with Crippen LogP contribution in [0.1, 0.15) is 32.3 Å². The Morgan fingerprint density at radius 3 is 2.85 bits per heavy atom. The van der Waals surface area contributed by atoms with Gasteiger partial charge in [0.1, 0.15) is 0 Å². The van der Waals surface area contributed by atoms with Crippen LogP contribution in [0.25, 0.3) is 0 Å². The molecular weight excluding hydrogens is 270 g/mol. The van der Waals surface area contributed by atoms with Gasteiger partial charge in [0.15, 0.2) is 5.84 Å². The van der Waals surface area contributed by atoms with Gasteiger partial charge in [0.05, 0.1) is 5.56 Å². The number of thioether (sulfide) groups is 1. The number of oxime groups is 1. The van der Waals surface area contributed by atoms with Gasteiger partial charge in [-0.1, -0.05) is 18.1 Å². The fourth-order valence-electron chi connectivity index (χ4n) is 2.91. The average molecular weight is 293 g/mol. The van der Waals surface area contributed by atoms with Gasteiger partial charge in [-0.25, -0.2) is 0 Å². The third kappa shape index (κ3) is 2.73. The van der Waals surface area contributed by atoms with E-state index >= 15 is 0 Å². The van der Waals surface area contributed by atoms with Crippen LogP contribution in [0.4, 0.5) is 5.69 Å². The summed E-state index contributed by atoms with van der Waals surface area (Å²) in [5.41, 5.74) is 7.84. The summed E-state index contributed by atoms with van der Waals surface area (Å²) in [7, 11) is 0. The van der Waals surface area contributed by atoms with Gasteiger partial charge in [0.2, 0.25) is 0 Å². The van der Waals surface area contributed by atoms with Crippen LogP contribution >= 0.6 is 11.8 Å². The third-order valence-electron chi connectivity index (χ3n) is 4.27. The Morgan fingerprint density at radius 1 is 1.45 bits per heavy atom. The summed E-state index contributed by atoms with van der Waals surface area (Å²) in [6.07, 6.45) is 4.46. The molecule has 0 amide bonds. The van der Waals surface area contributed by atoms with Gasteiger partial charge in [-0.2, -0.15) is 0 Å². The Kier molecular flexibility index (Phi) is 4.81. The van der Waals surface area contributed by atoms with E-state index < -0.39 is 0 Å². The molecule has 0 spiro atoms. The normalized spacial score (nSPS) is 23.9. The van der Waals surface area contributed by atoms with Crippen LogP contribution in [0.3, 0.4) is 0 Å². The number of rotatable bonds is 3. The number of anilines is 1. The van der Waals surface area contributed by atoms with E-state index in [1.54, 1.807) is 11.8 Å². The van der Waals surface area contributed by atoms with E-state index in [1.807, 2.05) is 18.4 Å². The molecule has 0 bridgehead atoms. The van der Waals surface area contributed by atoms with E-state index in [0.717, 1.165) is 22.7 Å². The largest absolute Gasteiger partial charge is 0.409 e. The minimum absolute atomic E-state index is 0.190. The van der Waals surface area contributed by atoms with Crippen molar-refractivity contribution in [2.45, 2.75) is 37.6 Å². The number of benzene rings is 1. The van der Waals surface area contributed by atoms with Crippen molar-refractivity contribution in [1.82, 2.24) is 0 Å². The molecule has 2 rings (SSSR count). The van der Waals surface area contributed by atoms with E-state index in [-0.39, 0.29) is 5.84 Å². The lowest BCUT2D eigenvalue weighted by atomic mass is 9.91. The van der Waals surface area contributed by atoms with Crippen molar-refractivity contribution in [2.75, 3.05) is 17.7 Å². The molecule has 1 saturated heterocycles. The molecule has 3 N–H and O–H groups in total. The van der Waals surface area contributed by atoms with Crippen molar-refractivity contribution < 1.29 is 5.21 Å². The van der Waals surface area contributed by atoms with Crippen molar-refractivity contribution in [2.24, 2.45) is 16.8 Å². The topological polar surface area (TPSA) is 61.8 Å². The zero-order chi connectivity index (χ0) is 14.7. The van der Waals surface area contributed by atoms with Gasteiger partial charge < -0.3 is 15.8 Å². The van der Waals surface area contributed by atoms with Crippen molar-refractivity contribution in [3.8, 4) is 0 Å². The summed E-state index contributed by atoms with van der Waals surface area (Å²) < 4.78 is 0. The molecule has 1 aliphatic rings. The summed E-state index contributed by atoms with van der Waals surface area (Å²) in [6, 6.07) is 6.59. The van der Waals surface area contributed by atoms with Crippen molar-refractivity contribution in [3.05, 3.63) is 23.8 Å². The number of nitrogens with zero attached hydrogens (tertiary/aromatic N) is 2. The molecule has 0 aromatic heterocycles. The first-order chi connectivity index (χ1) is 9.60. The lowest BCUT2D eigenvalue weighted by molar-refractivity contribution is 0.318. The Labute approximate surface area is 125 Å². The number of hydrogen-bond donors (Lipinski definition) is 2. The maximum absolute atomic E-state index is 9.08. The summed E-state index contributed by atoms with van der Waals surface area (Å²) in [6.45, 7) is 5.57. The molecule has 20 heavy (non-hydrogen) atoms. The molecule has 5 heteroatoms. The number of hydrogen-bond acceptors (Lipinski definition) is 4. The van der Waals surface area contributed by atoms with E-state index in [4.69, 9.17) is 10.9 Å². The second kappa shape index (κ2) is 6.39. The van der Waals surface area contributed by atoms with Crippen LogP contribution in [0, 0.1) is 5.92 Å². The van der Waals surface area contributed by atoms with E-state index in [1.165, 1.54) is 12.8 Å². The van der Waals surface area contributed by atoms with E-state index in [0.29, 0.717) is 12.0 Å². The second-order valence-electron chi connectivity index (χ2n) is 5.39. The zero-order valence-corrected chi connectivity index (χ0v) is 13.2. The van der Waals surface area contributed by atoms with Crippen LogP contribution < -0.4 is 10.6 Å². The van der Waals surface area contributed by atoms with Crippen LogP contribution in [0.2, 0.25) is 0 Å². The summed E-state index contributed by atoms with van der Waals surface area (Å²) in [4.78, 5) is 3.43. The fourth-order valence-corrected chi connectivity index (χ4v) is 3.54. The first-order valence-corrected chi connectivity index (χ1v) is 8.24. The van der Waals surface area contributed by atoms with Crippen molar-refractivity contribution in [3.63, 3.8) is 0 Å². The van der Waals surface area contributed by atoms with Crippen LogP contribution in [-0.2, 0) is 0 Å². The second-order valence-corrected chi connectivity index (χ2v) is 6.24. The molecular formula is C15H23N3OS. The average Bonchev–Trinajstić information content (AvgIpc) is 2.48. The van der Waals surface area contributed by atoms with Crippen molar-refractivity contribution >= 4 is 23.3 Å². The third-order valence-corrected chi connectivity index (χ3v) is 5.05. The Morgan fingerprint density at radius 2 is 2.20 bits per heavy atom. The maximum Gasteiger partial charge on any atom is 0.173 e. The molecule has 1 fully saturated rings. The molecule has 110 valence electrons. The Balaban J connectivity index is 2.50. The molecule has 0 aliphatic carbocycles. The van der Waals surface area contributed by atoms with Gasteiger partial charge >= 0.3 is 0 Å². The highest BCUT2D eigenvalue weighted by molar-refractivity contribution is 7.98. The molecule has 1 heterocycles. The van der Waals surface area contributed by atoms with Gasteiger partial charge in [-0.05, 0) is 44.1 Å². The van der Waals surface area contributed by atoms with Gasteiger partial charge in [-0.15, -0.1) is 11.8 Å². The van der Waals surface area contributed by atoms with Crippen LogP contribution in [0.5, 0.6) is 0 Å². The predicted octanol–water partition coefficient (Wildman–Crippen LogP) is 3.13. The predicted molar refractivity (Wildman–Crippen MR) is 85.9 cm³/mol. The maximum atomic E-state index is 9.08.